The van der Waals surface area contributed by atoms with Crippen molar-refractivity contribution in [2.75, 3.05) is 11.9 Å². The molecule has 180 valence electrons. The number of esters is 1. The lowest BCUT2D eigenvalue weighted by Crippen LogP contribution is -2.29. The molecule has 0 saturated heterocycles. The van der Waals surface area contributed by atoms with Crippen molar-refractivity contribution in [2.45, 2.75) is 71.5 Å². The number of carbonyl (C=O) groups is 2. The molecule has 2 aliphatic carbocycles. The highest BCUT2D eigenvalue weighted by Crippen LogP contribution is 2.43. The Hall–Kier alpha value is -2.07. The van der Waals surface area contributed by atoms with Gasteiger partial charge in [-0.1, -0.05) is 6.92 Å². The van der Waals surface area contributed by atoms with Crippen LogP contribution < -0.4 is 10.6 Å². The standard InChI is InChI=1S/C23H27F3N2O3S2/c1-3-31-21(29)18-14-10-12(2)8-9-17(14)33-20(18)28-22(30)27-11-15-13-6-4-5-7-16(13)32-19(15)23(24,25)26/h12H,3-11H2,1-2H3,(H2,27,28,30). The molecule has 0 fully saturated rings. The van der Waals surface area contributed by atoms with Gasteiger partial charge in [0.15, 0.2) is 0 Å². The summed E-state index contributed by atoms with van der Waals surface area (Å²) in [6, 6.07) is -0.629. The highest BCUT2D eigenvalue weighted by Gasteiger charge is 2.38. The van der Waals surface area contributed by atoms with E-state index in [1.54, 1.807) is 6.92 Å². The van der Waals surface area contributed by atoms with Crippen LogP contribution in [0.15, 0.2) is 0 Å². The molecule has 4 rings (SSSR count). The molecule has 5 nitrogen and oxygen atoms in total. The molecule has 0 spiro atoms. The first kappa shape index (κ1) is 24.1. The molecule has 0 radical (unpaired) electrons. The third-order valence-electron chi connectivity index (χ3n) is 6.18. The van der Waals surface area contributed by atoms with Crippen molar-refractivity contribution in [2.24, 2.45) is 5.92 Å². The fourth-order valence-corrected chi connectivity index (χ4v) is 7.13. The zero-order chi connectivity index (χ0) is 23.8. The quantitative estimate of drug-likeness (QED) is 0.472. The molecule has 2 amide bonds. The first-order valence-corrected chi connectivity index (χ1v) is 12.9. The van der Waals surface area contributed by atoms with Gasteiger partial charge in [-0.05, 0) is 74.5 Å². The van der Waals surface area contributed by atoms with E-state index in [1.807, 2.05) is 0 Å². The Kier molecular flexibility index (Phi) is 7.04. The molecular weight excluding hydrogens is 473 g/mol. The summed E-state index contributed by atoms with van der Waals surface area (Å²) in [5.74, 6) is -0.0572. The van der Waals surface area contributed by atoms with Gasteiger partial charge in [0.05, 0.1) is 12.2 Å². The largest absolute Gasteiger partial charge is 0.462 e. The third kappa shape index (κ3) is 5.06. The summed E-state index contributed by atoms with van der Waals surface area (Å²) in [6.45, 7) is 3.85. The van der Waals surface area contributed by atoms with Crippen LogP contribution in [0.2, 0.25) is 0 Å². The van der Waals surface area contributed by atoms with Crippen LogP contribution in [0.5, 0.6) is 0 Å². The maximum Gasteiger partial charge on any atom is 0.425 e. The van der Waals surface area contributed by atoms with E-state index in [4.69, 9.17) is 4.74 Å². The van der Waals surface area contributed by atoms with Crippen LogP contribution in [0.25, 0.3) is 0 Å². The van der Waals surface area contributed by atoms with Gasteiger partial charge < -0.3 is 10.1 Å². The summed E-state index contributed by atoms with van der Waals surface area (Å²) in [7, 11) is 0. The van der Waals surface area contributed by atoms with E-state index in [2.05, 4.69) is 17.6 Å². The summed E-state index contributed by atoms with van der Waals surface area (Å²) in [5, 5.41) is 5.70. The van der Waals surface area contributed by atoms with Gasteiger partial charge in [-0.3, -0.25) is 5.32 Å². The van der Waals surface area contributed by atoms with Gasteiger partial charge >= 0.3 is 18.2 Å². The van der Waals surface area contributed by atoms with Crippen molar-refractivity contribution in [1.29, 1.82) is 0 Å². The number of alkyl halides is 3. The van der Waals surface area contributed by atoms with E-state index in [-0.39, 0.29) is 18.7 Å². The second kappa shape index (κ2) is 9.66. The highest BCUT2D eigenvalue weighted by atomic mass is 32.1. The average Bonchev–Trinajstić information content (AvgIpc) is 3.30. The zero-order valence-corrected chi connectivity index (χ0v) is 20.2. The van der Waals surface area contributed by atoms with E-state index in [0.717, 1.165) is 64.3 Å². The van der Waals surface area contributed by atoms with Crippen LogP contribution in [0.4, 0.5) is 23.0 Å². The Labute approximate surface area is 198 Å². The second-order valence-corrected chi connectivity index (χ2v) is 10.8. The molecule has 0 bridgehead atoms. The number of ether oxygens (including phenoxy) is 1. The number of urea groups is 1. The third-order valence-corrected chi connectivity index (χ3v) is 8.76. The van der Waals surface area contributed by atoms with Crippen molar-refractivity contribution in [3.05, 3.63) is 36.9 Å². The van der Waals surface area contributed by atoms with Crippen molar-refractivity contribution >= 4 is 39.7 Å². The lowest BCUT2D eigenvalue weighted by Gasteiger charge is -2.18. The Balaban J connectivity index is 1.54. The normalized spacial score (nSPS) is 17.8. The van der Waals surface area contributed by atoms with Gasteiger partial charge in [0, 0.05) is 16.3 Å². The smallest absolute Gasteiger partial charge is 0.425 e. The van der Waals surface area contributed by atoms with E-state index < -0.39 is 23.1 Å². The number of fused-ring (bicyclic) bond motifs is 2. The maximum atomic E-state index is 13.6. The lowest BCUT2D eigenvalue weighted by atomic mass is 9.88. The van der Waals surface area contributed by atoms with E-state index >= 15 is 0 Å². The average molecular weight is 501 g/mol. The van der Waals surface area contributed by atoms with E-state index in [0.29, 0.717) is 29.3 Å². The predicted molar refractivity (Wildman–Crippen MR) is 123 cm³/mol. The molecule has 2 aromatic heterocycles. The molecule has 2 N–H and O–H groups in total. The SMILES string of the molecule is CCOC(=O)c1c(NC(=O)NCc2c(C(F)(F)F)sc3c2CCCC3)sc2c1CC(C)CC2. The number of carbonyl (C=O) groups excluding carboxylic acids is 2. The number of aryl methyl sites for hydroxylation is 2. The number of hydrogen-bond acceptors (Lipinski definition) is 5. The van der Waals surface area contributed by atoms with Crippen LogP contribution in [0, 0.1) is 5.92 Å². The molecule has 1 atom stereocenters. The Bertz CT molecular complexity index is 1060. The monoisotopic (exact) mass is 500 g/mol. The first-order chi connectivity index (χ1) is 15.7. The molecule has 0 aliphatic heterocycles. The fourth-order valence-electron chi connectivity index (χ4n) is 4.63. The molecule has 2 aliphatic rings. The van der Waals surface area contributed by atoms with Gasteiger partial charge in [-0.2, -0.15) is 13.2 Å². The van der Waals surface area contributed by atoms with Crippen molar-refractivity contribution in [3.8, 4) is 0 Å². The minimum atomic E-state index is -4.45. The minimum Gasteiger partial charge on any atom is -0.462 e. The molecule has 0 saturated carbocycles. The molecule has 2 heterocycles. The van der Waals surface area contributed by atoms with Crippen LogP contribution in [-0.4, -0.2) is 18.6 Å². The summed E-state index contributed by atoms with van der Waals surface area (Å²) in [4.78, 5) is 26.5. The van der Waals surface area contributed by atoms with Gasteiger partial charge in [0.1, 0.15) is 9.88 Å². The molecule has 1 unspecified atom stereocenters. The van der Waals surface area contributed by atoms with Crippen molar-refractivity contribution in [1.82, 2.24) is 5.32 Å². The van der Waals surface area contributed by atoms with Crippen LogP contribution in [0.3, 0.4) is 0 Å². The fraction of sp³-hybridized carbons (Fsp3) is 0.565. The van der Waals surface area contributed by atoms with Crippen LogP contribution in [-0.2, 0) is 43.1 Å². The number of nitrogens with one attached hydrogen (secondary N) is 2. The Morgan fingerprint density at radius 3 is 2.55 bits per heavy atom. The van der Waals surface area contributed by atoms with E-state index in [1.165, 1.54) is 11.3 Å². The summed E-state index contributed by atoms with van der Waals surface area (Å²) < 4.78 is 46.1. The summed E-state index contributed by atoms with van der Waals surface area (Å²) in [5.41, 5.74) is 2.19. The number of hydrogen-bond donors (Lipinski definition) is 2. The second-order valence-electron chi connectivity index (χ2n) is 8.60. The number of anilines is 1. The Morgan fingerprint density at radius 1 is 1.09 bits per heavy atom. The zero-order valence-electron chi connectivity index (χ0n) is 18.6. The molecule has 0 aromatic carbocycles. The van der Waals surface area contributed by atoms with Gasteiger partial charge in [-0.15, -0.1) is 22.7 Å². The molecule has 10 heteroatoms. The molecule has 2 aromatic rings. The maximum absolute atomic E-state index is 13.6. The van der Waals surface area contributed by atoms with Gasteiger partial charge in [-0.25, -0.2) is 9.59 Å². The predicted octanol–water partition coefficient (Wildman–Crippen LogP) is 6.33. The number of rotatable bonds is 5. The van der Waals surface area contributed by atoms with Gasteiger partial charge in [0.2, 0.25) is 0 Å². The molecular formula is C23H27F3N2O3S2. The topological polar surface area (TPSA) is 67.4 Å². The number of amides is 2. The summed E-state index contributed by atoms with van der Waals surface area (Å²) >= 11 is 2.15. The Morgan fingerprint density at radius 2 is 1.82 bits per heavy atom. The first-order valence-electron chi connectivity index (χ1n) is 11.3. The minimum absolute atomic E-state index is 0.169. The molecule has 33 heavy (non-hydrogen) atoms. The number of thiophene rings is 2. The van der Waals surface area contributed by atoms with Crippen LogP contribution >= 0.6 is 22.7 Å². The van der Waals surface area contributed by atoms with Crippen molar-refractivity contribution < 1.29 is 27.5 Å². The highest BCUT2D eigenvalue weighted by molar-refractivity contribution is 7.17. The van der Waals surface area contributed by atoms with Crippen LogP contribution in [0.1, 0.15) is 74.8 Å². The summed E-state index contributed by atoms with van der Waals surface area (Å²) in [6.07, 6.45) is 1.10. The lowest BCUT2D eigenvalue weighted by molar-refractivity contribution is -0.135. The van der Waals surface area contributed by atoms with E-state index in [9.17, 15) is 22.8 Å². The number of halogens is 3. The van der Waals surface area contributed by atoms with Gasteiger partial charge in [0.25, 0.3) is 0 Å². The van der Waals surface area contributed by atoms with Crippen molar-refractivity contribution in [3.63, 3.8) is 0 Å².